The Balaban J connectivity index is 1.31. The van der Waals surface area contributed by atoms with Crippen LogP contribution in [0.5, 0.6) is 11.5 Å². The van der Waals surface area contributed by atoms with Crippen molar-refractivity contribution in [3.63, 3.8) is 0 Å². The van der Waals surface area contributed by atoms with Crippen molar-refractivity contribution in [2.24, 2.45) is 9.98 Å². The zero-order chi connectivity index (χ0) is 43.1. The van der Waals surface area contributed by atoms with Crippen LogP contribution in [0.25, 0.3) is 0 Å². The van der Waals surface area contributed by atoms with E-state index in [1.54, 1.807) is 0 Å². The van der Waals surface area contributed by atoms with E-state index in [0.29, 0.717) is 11.5 Å². The first kappa shape index (κ1) is 46.9. The molecule has 8 nitrogen and oxygen atoms in total. The number of rotatable bonds is 22. The number of nitrogens with zero attached hydrogens (tertiary/aromatic N) is 6. The monoisotopic (exact) mass is 821 g/mol. The normalized spacial score (nSPS) is 16.5. The summed E-state index contributed by atoms with van der Waals surface area (Å²) >= 11 is 0. The third kappa shape index (κ3) is 14.2. The molecule has 0 bridgehead atoms. The predicted octanol–water partition coefficient (Wildman–Crippen LogP) is 11.5. The molecule has 0 spiro atoms. The van der Waals surface area contributed by atoms with Crippen LogP contribution in [-0.4, -0.2) is 43.9 Å². The smallest absolute Gasteiger partial charge is 0.244 e. The number of phenols is 2. The molecule has 2 N–H and O–H groups in total. The number of aryl methyl sites for hydroxylation is 2. The van der Waals surface area contributed by atoms with Crippen molar-refractivity contribution < 1.29 is 19.3 Å². The number of unbranched alkanes of at least 4 members (excludes halogenated alkanes) is 10. The molecule has 1 saturated carbocycles. The molecule has 1 aliphatic carbocycles. The molecule has 1 fully saturated rings. The molecular formula is C52H80N6O2+2. The van der Waals surface area contributed by atoms with E-state index in [1.165, 1.54) is 77.0 Å². The minimum absolute atomic E-state index is 0.00380. The molecule has 0 unspecified atom stereocenters. The first-order valence-corrected chi connectivity index (χ1v) is 23.6. The van der Waals surface area contributed by atoms with Gasteiger partial charge in [0.15, 0.2) is 0 Å². The molecule has 1 aliphatic rings. The van der Waals surface area contributed by atoms with E-state index in [1.807, 2.05) is 12.4 Å². The lowest BCUT2D eigenvalue weighted by Gasteiger charge is -2.26. The van der Waals surface area contributed by atoms with Crippen LogP contribution in [0, 0.1) is 0 Å². The van der Waals surface area contributed by atoms with Crippen LogP contribution < -0.4 is 9.13 Å². The third-order valence-corrected chi connectivity index (χ3v) is 12.3. The molecule has 328 valence electrons. The number of aromatic hydroxyl groups is 2. The number of benzene rings is 2. The minimum Gasteiger partial charge on any atom is -0.507 e. The Hall–Kier alpha value is -4.20. The second-order valence-corrected chi connectivity index (χ2v) is 19.8. The first-order chi connectivity index (χ1) is 28.7. The molecular weight excluding hydrogens is 741 g/mol. The lowest BCUT2D eigenvalue weighted by molar-refractivity contribution is -0.688. The van der Waals surface area contributed by atoms with E-state index >= 15 is 0 Å². The highest BCUT2D eigenvalue weighted by atomic mass is 16.3. The fourth-order valence-corrected chi connectivity index (χ4v) is 8.65. The Bertz CT molecular complexity index is 1830. The fraction of sp³-hybridized carbons (Fsp3) is 0.615. The van der Waals surface area contributed by atoms with Crippen molar-refractivity contribution in [3.05, 3.63) is 95.1 Å². The molecule has 2 heterocycles. The van der Waals surface area contributed by atoms with Crippen LogP contribution in [0.1, 0.15) is 192 Å². The van der Waals surface area contributed by atoms with Crippen LogP contribution in [0.15, 0.2) is 71.7 Å². The molecule has 0 saturated heterocycles. The zero-order valence-corrected chi connectivity index (χ0v) is 38.8. The SMILES string of the molecule is CCCCCCCCn1cc[n+](Cc2cc(C=N[C@@H]3CCCC[C@H]3N=Cc3cc(C[n+]4ccn(CCCCCCCC)c4)cc(C(C)(C)C)c3O)c(O)c(C(C)(C)C)c2)c1. The van der Waals surface area contributed by atoms with Gasteiger partial charge < -0.3 is 10.2 Å². The van der Waals surface area contributed by atoms with Crippen molar-refractivity contribution >= 4 is 12.4 Å². The summed E-state index contributed by atoms with van der Waals surface area (Å²) in [5, 5.41) is 23.2. The van der Waals surface area contributed by atoms with Crippen LogP contribution >= 0.6 is 0 Å². The van der Waals surface area contributed by atoms with E-state index in [0.717, 1.165) is 85.2 Å². The van der Waals surface area contributed by atoms with Gasteiger partial charge in [-0.3, -0.25) is 9.98 Å². The average Bonchev–Trinajstić information content (AvgIpc) is 3.85. The van der Waals surface area contributed by atoms with Gasteiger partial charge in [-0.25, -0.2) is 18.3 Å². The number of phenolic OH excluding ortho intramolecular Hbond substituents is 2. The van der Waals surface area contributed by atoms with Gasteiger partial charge >= 0.3 is 0 Å². The lowest BCUT2D eigenvalue weighted by Crippen LogP contribution is -2.32. The average molecular weight is 821 g/mol. The Morgan fingerprint density at radius 1 is 0.583 bits per heavy atom. The number of aromatic nitrogens is 4. The van der Waals surface area contributed by atoms with Crippen molar-refractivity contribution in [2.75, 3.05) is 0 Å². The van der Waals surface area contributed by atoms with Gasteiger partial charge in [-0.2, -0.15) is 0 Å². The van der Waals surface area contributed by atoms with Crippen molar-refractivity contribution in [3.8, 4) is 11.5 Å². The maximum atomic E-state index is 11.6. The van der Waals surface area contributed by atoms with Crippen LogP contribution in [0.3, 0.4) is 0 Å². The van der Waals surface area contributed by atoms with Gasteiger partial charge in [0.1, 0.15) is 49.4 Å². The molecule has 2 atom stereocenters. The van der Waals surface area contributed by atoms with E-state index < -0.39 is 0 Å². The second kappa shape index (κ2) is 22.6. The van der Waals surface area contributed by atoms with Crippen molar-refractivity contribution in [1.82, 2.24) is 9.13 Å². The highest BCUT2D eigenvalue weighted by molar-refractivity contribution is 5.86. The molecule has 2 aromatic carbocycles. The van der Waals surface area contributed by atoms with Gasteiger partial charge in [-0.15, -0.1) is 0 Å². The summed E-state index contributed by atoms with van der Waals surface area (Å²) in [4.78, 5) is 10.3. The maximum Gasteiger partial charge on any atom is 0.244 e. The summed E-state index contributed by atoms with van der Waals surface area (Å²) in [5.74, 6) is 0.618. The summed E-state index contributed by atoms with van der Waals surface area (Å²) in [6, 6.07) is 8.52. The molecule has 60 heavy (non-hydrogen) atoms. The standard InChI is InChI=1S/C52H78N6O2/c1-9-11-13-15-17-21-25-55-27-29-57(39-55)37-41-31-43(49(59)45(33-41)51(3,4)5)35-53-47-23-19-20-24-48(47)54-36-44-32-42(34-46(50(44)60)52(6,7)8)38-58-30-28-56(40-58)26-22-18-16-14-12-10-2/h27-36,39-40,47-48H,9-26,37-38H2,1-8H3/p+2/t47-,48-/m1/s1. The number of imidazole rings is 2. The van der Waals surface area contributed by atoms with Gasteiger partial charge in [0.2, 0.25) is 12.7 Å². The van der Waals surface area contributed by atoms with E-state index in [4.69, 9.17) is 9.98 Å². The van der Waals surface area contributed by atoms with Gasteiger partial charge in [-0.1, -0.05) is 120 Å². The topological polar surface area (TPSA) is 82.8 Å². The Morgan fingerprint density at radius 2 is 0.967 bits per heavy atom. The summed E-state index contributed by atoms with van der Waals surface area (Å²) in [6.45, 7) is 21.0. The molecule has 0 radical (unpaired) electrons. The highest BCUT2D eigenvalue weighted by Gasteiger charge is 2.26. The number of hydrogen-bond donors (Lipinski definition) is 2. The van der Waals surface area contributed by atoms with Crippen LogP contribution in [0.4, 0.5) is 0 Å². The summed E-state index contributed by atoms with van der Waals surface area (Å²) in [5.41, 5.74) is 5.23. The zero-order valence-electron chi connectivity index (χ0n) is 38.8. The van der Waals surface area contributed by atoms with Gasteiger partial charge in [-0.05, 0) is 84.7 Å². The van der Waals surface area contributed by atoms with Gasteiger partial charge in [0.25, 0.3) is 0 Å². The summed E-state index contributed by atoms with van der Waals surface area (Å²) in [6.07, 6.45) is 36.5. The predicted molar refractivity (Wildman–Crippen MR) is 249 cm³/mol. The minimum atomic E-state index is -0.229. The van der Waals surface area contributed by atoms with E-state index in [9.17, 15) is 10.2 Å². The van der Waals surface area contributed by atoms with Crippen molar-refractivity contribution in [2.45, 2.75) is 207 Å². The molecule has 0 amide bonds. The highest BCUT2D eigenvalue weighted by Crippen LogP contribution is 2.36. The third-order valence-electron chi connectivity index (χ3n) is 12.3. The fourth-order valence-electron chi connectivity index (χ4n) is 8.65. The Kier molecular flexibility index (Phi) is 17.6. The quantitative estimate of drug-likeness (QED) is 0.0470. The summed E-state index contributed by atoms with van der Waals surface area (Å²) < 4.78 is 9.07. The molecule has 4 aromatic rings. The second-order valence-electron chi connectivity index (χ2n) is 19.8. The number of hydrogen-bond acceptors (Lipinski definition) is 4. The van der Waals surface area contributed by atoms with Crippen LogP contribution in [0.2, 0.25) is 0 Å². The molecule has 2 aromatic heterocycles. The Labute approximate surface area is 363 Å². The molecule has 0 aliphatic heterocycles. The van der Waals surface area contributed by atoms with E-state index in [2.05, 4.69) is 135 Å². The molecule has 8 heteroatoms. The maximum absolute atomic E-state index is 11.6. The Morgan fingerprint density at radius 3 is 1.35 bits per heavy atom. The summed E-state index contributed by atoms with van der Waals surface area (Å²) in [7, 11) is 0. The van der Waals surface area contributed by atoms with Gasteiger partial charge in [0.05, 0.1) is 25.2 Å². The van der Waals surface area contributed by atoms with E-state index in [-0.39, 0.29) is 22.9 Å². The van der Waals surface area contributed by atoms with Crippen LogP contribution in [-0.2, 0) is 37.0 Å². The first-order valence-electron chi connectivity index (χ1n) is 23.6. The lowest BCUT2D eigenvalue weighted by atomic mass is 9.84. The van der Waals surface area contributed by atoms with Gasteiger partial charge in [0, 0.05) is 34.7 Å². The molecule has 5 rings (SSSR count). The van der Waals surface area contributed by atoms with Crippen molar-refractivity contribution in [1.29, 1.82) is 0 Å². The number of aliphatic imine (C=N–C) groups is 2. The largest absolute Gasteiger partial charge is 0.507 e.